The van der Waals surface area contributed by atoms with Gasteiger partial charge in [-0.1, -0.05) is 48.5 Å². The van der Waals surface area contributed by atoms with Crippen molar-refractivity contribution in [3.05, 3.63) is 104 Å². The fourth-order valence-electron chi connectivity index (χ4n) is 4.64. The molecule has 0 unspecified atom stereocenters. The summed E-state index contributed by atoms with van der Waals surface area (Å²) in [5.74, 6) is -0.326. The van der Waals surface area contributed by atoms with Gasteiger partial charge < -0.3 is 5.32 Å². The topological polar surface area (TPSA) is 72.2 Å². The van der Waals surface area contributed by atoms with Gasteiger partial charge >= 0.3 is 0 Å². The molecule has 2 bridgehead atoms. The predicted molar refractivity (Wildman–Crippen MR) is 102 cm³/mol. The molecule has 3 aliphatic rings. The summed E-state index contributed by atoms with van der Waals surface area (Å²) in [5, 5.41) is 14.3. The Balaban J connectivity index is 1.82. The molecular formula is C22H16N2O3. The number of nitro benzene ring substituents is 1. The van der Waals surface area contributed by atoms with E-state index in [1.54, 1.807) is 12.1 Å². The fourth-order valence-corrected chi connectivity index (χ4v) is 4.64. The second-order valence-electron chi connectivity index (χ2n) is 7.06. The number of hydrogen-bond donors (Lipinski definition) is 1. The van der Waals surface area contributed by atoms with Crippen molar-refractivity contribution >= 4 is 17.3 Å². The van der Waals surface area contributed by atoms with Crippen molar-refractivity contribution in [2.75, 3.05) is 5.32 Å². The third-order valence-electron chi connectivity index (χ3n) is 5.57. The molecule has 27 heavy (non-hydrogen) atoms. The number of nitrogens with zero attached hydrogens (tertiary/aromatic N) is 1. The smallest absolute Gasteiger partial charge is 0.293 e. The molecule has 0 spiro atoms. The lowest BCUT2D eigenvalue weighted by Crippen LogP contribution is -2.28. The van der Waals surface area contributed by atoms with Gasteiger partial charge in [-0.25, -0.2) is 0 Å². The molecule has 1 amide bonds. The van der Waals surface area contributed by atoms with Crippen molar-refractivity contribution < 1.29 is 9.72 Å². The van der Waals surface area contributed by atoms with Crippen LogP contribution >= 0.6 is 0 Å². The number of benzene rings is 3. The number of hydrogen-bond acceptors (Lipinski definition) is 3. The van der Waals surface area contributed by atoms with E-state index in [1.807, 2.05) is 24.3 Å². The van der Waals surface area contributed by atoms with Crippen LogP contribution in [0.2, 0.25) is 0 Å². The molecule has 3 aromatic rings. The van der Waals surface area contributed by atoms with E-state index in [0.29, 0.717) is 0 Å². The SMILES string of the molecule is CC(=O)Nc1cc2c(cc1[N+](=O)[O-])C1c3ccccc3C2c2ccccc21. The minimum Gasteiger partial charge on any atom is -0.321 e. The zero-order chi connectivity index (χ0) is 18.7. The largest absolute Gasteiger partial charge is 0.321 e. The van der Waals surface area contributed by atoms with E-state index in [4.69, 9.17) is 0 Å². The Bertz CT molecular complexity index is 1090. The number of rotatable bonds is 2. The molecule has 0 heterocycles. The monoisotopic (exact) mass is 356 g/mol. The number of amides is 1. The van der Waals surface area contributed by atoms with E-state index >= 15 is 0 Å². The van der Waals surface area contributed by atoms with Crippen LogP contribution in [-0.2, 0) is 4.79 Å². The molecule has 0 radical (unpaired) electrons. The van der Waals surface area contributed by atoms with Crippen LogP contribution in [0, 0.1) is 10.1 Å². The van der Waals surface area contributed by atoms with Crippen LogP contribution in [0.15, 0.2) is 60.7 Å². The van der Waals surface area contributed by atoms with E-state index in [0.717, 1.165) is 11.1 Å². The van der Waals surface area contributed by atoms with Gasteiger partial charge in [0.25, 0.3) is 5.69 Å². The summed E-state index contributed by atoms with van der Waals surface area (Å²) in [7, 11) is 0. The Kier molecular flexibility index (Phi) is 3.22. The molecular weight excluding hydrogens is 340 g/mol. The van der Waals surface area contributed by atoms with Gasteiger partial charge in [-0.3, -0.25) is 14.9 Å². The maximum absolute atomic E-state index is 11.6. The number of anilines is 1. The van der Waals surface area contributed by atoms with Gasteiger partial charge in [0.05, 0.1) is 4.92 Å². The minimum atomic E-state index is -0.425. The van der Waals surface area contributed by atoms with Gasteiger partial charge in [0, 0.05) is 24.8 Å². The first-order valence-corrected chi connectivity index (χ1v) is 8.83. The minimum absolute atomic E-state index is 0.0192. The molecule has 3 aliphatic carbocycles. The molecule has 0 fully saturated rings. The molecule has 5 heteroatoms. The summed E-state index contributed by atoms with van der Waals surface area (Å²) in [6.45, 7) is 1.36. The second-order valence-corrected chi connectivity index (χ2v) is 7.06. The summed E-state index contributed by atoms with van der Waals surface area (Å²) in [6.07, 6.45) is 0. The summed E-state index contributed by atoms with van der Waals surface area (Å²) in [4.78, 5) is 22.8. The quantitative estimate of drug-likeness (QED) is 0.373. The zero-order valence-corrected chi connectivity index (χ0v) is 14.6. The van der Waals surface area contributed by atoms with E-state index in [9.17, 15) is 14.9 Å². The molecule has 1 N–H and O–H groups in total. The highest BCUT2D eigenvalue weighted by atomic mass is 16.6. The third-order valence-corrected chi connectivity index (χ3v) is 5.57. The van der Waals surface area contributed by atoms with Gasteiger partial charge in [-0.2, -0.15) is 0 Å². The first kappa shape index (κ1) is 15.8. The summed E-state index contributed by atoms with van der Waals surface area (Å²) >= 11 is 0. The van der Waals surface area contributed by atoms with Crippen LogP contribution in [0.4, 0.5) is 11.4 Å². The molecule has 5 nitrogen and oxygen atoms in total. The molecule has 3 aromatic carbocycles. The summed E-state index contributed by atoms with van der Waals surface area (Å²) in [5.41, 5.74) is 7.06. The van der Waals surface area contributed by atoms with E-state index in [-0.39, 0.29) is 29.1 Å². The first-order valence-electron chi connectivity index (χ1n) is 8.83. The average Bonchev–Trinajstić information content (AvgIpc) is 2.66. The average molecular weight is 356 g/mol. The highest BCUT2D eigenvalue weighted by Gasteiger charge is 2.42. The fraction of sp³-hybridized carbons (Fsp3) is 0.136. The van der Waals surface area contributed by atoms with E-state index < -0.39 is 4.92 Å². The Morgan fingerprint density at radius 2 is 1.30 bits per heavy atom. The second kappa shape index (κ2) is 5.51. The van der Waals surface area contributed by atoms with Gasteiger partial charge in [-0.05, 0) is 39.4 Å². The van der Waals surface area contributed by atoms with Gasteiger partial charge in [0.2, 0.25) is 5.91 Å². The predicted octanol–water partition coefficient (Wildman–Crippen LogP) is 4.54. The normalized spacial score (nSPS) is 18.3. The Labute approximate surface area is 155 Å². The van der Waals surface area contributed by atoms with Crippen molar-refractivity contribution in [1.29, 1.82) is 0 Å². The Morgan fingerprint density at radius 3 is 1.70 bits per heavy atom. The Hall–Kier alpha value is -3.47. The Morgan fingerprint density at radius 1 is 0.852 bits per heavy atom. The molecule has 0 aromatic heterocycles. The molecule has 6 rings (SSSR count). The van der Waals surface area contributed by atoms with Gasteiger partial charge in [0.1, 0.15) is 5.69 Å². The van der Waals surface area contributed by atoms with Crippen molar-refractivity contribution in [2.45, 2.75) is 18.8 Å². The number of nitro groups is 1. The van der Waals surface area contributed by atoms with Crippen molar-refractivity contribution in [3.63, 3.8) is 0 Å². The van der Waals surface area contributed by atoms with Crippen molar-refractivity contribution in [1.82, 2.24) is 0 Å². The lowest BCUT2D eigenvalue weighted by Gasteiger charge is -2.42. The van der Waals surface area contributed by atoms with E-state index in [1.165, 1.54) is 29.2 Å². The molecule has 132 valence electrons. The number of nitrogens with one attached hydrogen (secondary N) is 1. The van der Waals surface area contributed by atoms with Crippen LogP contribution < -0.4 is 5.32 Å². The molecule has 0 saturated heterocycles. The molecule has 0 saturated carbocycles. The highest BCUT2D eigenvalue weighted by Crippen LogP contribution is 2.56. The van der Waals surface area contributed by atoms with Gasteiger partial charge in [-0.15, -0.1) is 0 Å². The third kappa shape index (κ3) is 2.15. The van der Waals surface area contributed by atoms with Crippen molar-refractivity contribution in [3.8, 4) is 0 Å². The summed E-state index contributed by atoms with van der Waals surface area (Å²) in [6, 6.07) is 20.0. The number of carbonyl (C=O) groups excluding carboxylic acids is 1. The number of carbonyl (C=O) groups is 1. The van der Waals surface area contributed by atoms with Crippen LogP contribution in [0.1, 0.15) is 52.1 Å². The zero-order valence-electron chi connectivity index (χ0n) is 14.6. The summed E-state index contributed by atoms with van der Waals surface area (Å²) < 4.78 is 0. The van der Waals surface area contributed by atoms with Gasteiger partial charge in [0.15, 0.2) is 0 Å². The lowest BCUT2D eigenvalue weighted by atomic mass is 9.61. The lowest BCUT2D eigenvalue weighted by molar-refractivity contribution is -0.384. The van der Waals surface area contributed by atoms with Crippen LogP contribution in [0.5, 0.6) is 0 Å². The first-order chi connectivity index (χ1) is 13.1. The standard InChI is InChI=1S/C22H16N2O3/c1-12(25)23-19-10-17-18(11-20(19)24(26)27)22-15-8-4-2-6-13(15)21(17)14-7-3-5-9-16(14)22/h2-11,21-22H,1H3,(H,23,25). The molecule has 0 aliphatic heterocycles. The van der Waals surface area contributed by atoms with Crippen LogP contribution in [0.25, 0.3) is 0 Å². The maximum Gasteiger partial charge on any atom is 0.293 e. The van der Waals surface area contributed by atoms with Crippen LogP contribution in [0.3, 0.4) is 0 Å². The van der Waals surface area contributed by atoms with Crippen molar-refractivity contribution in [2.24, 2.45) is 0 Å². The van der Waals surface area contributed by atoms with Crippen LogP contribution in [-0.4, -0.2) is 10.8 Å². The molecule has 0 atom stereocenters. The maximum atomic E-state index is 11.6. The van der Waals surface area contributed by atoms with E-state index in [2.05, 4.69) is 29.6 Å². The highest BCUT2D eigenvalue weighted by molar-refractivity contribution is 5.92.